The van der Waals surface area contributed by atoms with Crippen LogP contribution in [0.3, 0.4) is 0 Å². The normalized spacial score (nSPS) is 15.3. The van der Waals surface area contributed by atoms with E-state index in [0.717, 1.165) is 53.7 Å². The third kappa shape index (κ3) is 3.77. The van der Waals surface area contributed by atoms with Gasteiger partial charge in [0, 0.05) is 37.9 Å². The summed E-state index contributed by atoms with van der Waals surface area (Å²) in [6.07, 6.45) is 0. The van der Waals surface area contributed by atoms with Crippen LogP contribution in [-0.4, -0.2) is 49.0 Å². The van der Waals surface area contributed by atoms with Gasteiger partial charge in [0.05, 0.1) is 15.8 Å². The Morgan fingerprint density at radius 1 is 1.11 bits per heavy atom. The molecular weight excluding hydrogens is 370 g/mol. The number of hydrogen-bond donors (Lipinski definition) is 1. The van der Waals surface area contributed by atoms with E-state index in [1.54, 1.807) is 17.4 Å². The number of nitrogens with zero attached hydrogens (tertiary/aromatic N) is 3. The maximum atomic E-state index is 13.8. The number of aromatic nitrogens is 1. The Hall–Kier alpha value is -2.58. The lowest BCUT2D eigenvalue weighted by molar-refractivity contribution is 0.102. The van der Waals surface area contributed by atoms with Crippen molar-refractivity contribution >= 4 is 38.3 Å². The second-order valence-electron chi connectivity index (χ2n) is 6.55. The van der Waals surface area contributed by atoms with Crippen LogP contribution in [0.15, 0.2) is 36.4 Å². The highest BCUT2D eigenvalue weighted by Crippen LogP contribution is 2.31. The number of amides is 1. The summed E-state index contributed by atoms with van der Waals surface area (Å²) >= 11 is 1.57. The zero-order chi connectivity index (χ0) is 19.0. The van der Waals surface area contributed by atoms with Gasteiger partial charge in [-0.25, -0.2) is 13.8 Å². The predicted octanol–water partition coefficient (Wildman–Crippen LogP) is 3.58. The Labute approximate surface area is 159 Å². The predicted molar refractivity (Wildman–Crippen MR) is 104 cm³/mol. The molecule has 2 heterocycles. The first-order valence-corrected chi connectivity index (χ1v) is 9.42. The smallest absolute Gasteiger partial charge is 0.258 e. The first-order valence-electron chi connectivity index (χ1n) is 8.60. The van der Waals surface area contributed by atoms with Crippen molar-refractivity contribution in [3.63, 3.8) is 0 Å². The monoisotopic (exact) mass is 388 g/mol. The summed E-state index contributed by atoms with van der Waals surface area (Å²) in [5, 5.41) is 3.63. The summed E-state index contributed by atoms with van der Waals surface area (Å²) in [4.78, 5) is 21.5. The Balaban J connectivity index is 1.53. The van der Waals surface area contributed by atoms with Gasteiger partial charge in [-0.3, -0.25) is 4.79 Å². The van der Waals surface area contributed by atoms with Gasteiger partial charge in [0.2, 0.25) is 0 Å². The van der Waals surface area contributed by atoms with E-state index in [1.165, 1.54) is 0 Å². The molecule has 1 fully saturated rings. The van der Waals surface area contributed by atoms with Crippen molar-refractivity contribution in [3.8, 4) is 0 Å². The summed E-state index contributed by atoms with van der Waals surface area (Å²) in [5.74, 6) is -2.22. The van der Waals surface area contributed by atoms with E-state index in [-0.39, 0.29) is 5.56 Å². The van der Waals surface area contributed by atoms with Gasteiger partial charge in [0.1, 0.15) is 11.6 Å². The minimum absolute atomic E-state index is 0.195. The quantitative estimate of drug-likeness (QED) is 0.745. The molecular formula is C19H18F2N4OS. The molecule has 1 amide bonds. The SMILES string of the molecule is CN1CCN(c2nc3ccc(NC(=O)c4ccc(F)cc4F)cc3s2)CC1. The number of halogens is 2. The highest BCUT2D eigenvalue weighted by Gasteiger charge is 2.18. The van der Waals surface area contributed by atoms with Crippen molar-refractivity contribution in [2.24, 2.45) is 0 Å². The molecule has 1 saturated heterocycles. The third-order valence-corrected chi connectivity index (χ3v) is 5.66. The zero-order valence-corrected chi connectivity index (χ0v) is 15.5. The molecule has 27 heavy (non-hydrogen) atoms. The first kappa shape index (κ1) is 17.8. The van der Waals surface area contributed by atoms with E-state index in [2.05, 4.69) is 27.1 Å². The van der Waals surface area contributed by atoms with E-state index in [0.29, 0.717) is 11.8 Å². The van der Waals surface area contributed by atoms with Crippen LogP contribution < -0.4 is 10.2 Å². The molecule has 1 aliphatic rings. The molecule has 5 nitrogen and oxygen atoms in total. The van der Waals surface area contributed by atoms with Crippen molar-refractivity contribution in [3.05, 3.63) is 53.6 Å². The summed E-state index contributed by atoms with van der Waals surface area (Å²) in [6.45, 7) is 3.87. The molecule has 140 valence electrons. The third-order valence-electron chi connectivity index (χ3n) is 4.58. The van der Waals surface area contributed by atoms with Crippen LogP contribution in [0.4, 0.5) is 19.6 Å². The van der Waals surface area contributed by atoms with Gasteiger partial charge in [0.15, 0.2) is 5.13 Å². The van der Waals surface area contributed by atoms with Crippen LogP contribution in [0.2, 0.25) is 0 Å². The lowest BCUT2D eigenvalue weighted by Gasteiger charge is -2.31. The lowest BCUT2D eigenvalue weighted by Crippen LogP contribution is -2.44. The van der Waals surface area contributed by atoms with Crippen molar-refractivity contribution in [1.82, 2.24) is 9.88 Å². The van der Waals surface area contributed by atoms with Gasteiger partial charge >= 0.3 is 0 Å². The molecule has 0 unspecified atom stereocenters. The Kier molecular flexibility index (Phi) is 4.75. The Morgan fingerprint density at radius 2 is 1.89 bits per heavy atom. The summed E-state index contributed by atoms with van der Waals surface area (Å²) in [5.41, 5.74) is 1.21. The van der Waals surface area contributed by atoms with Crippen LogP contribution in [0.1, 0.15) is 10.4 Å². The number of thiazole rings is 1. The van der Waals surface area contributed by atoms with Gasteiger partial charge in [0.25, 0.3) is 5.91 Å². The molecule has 1 aromatic heterocycles. The van der Waals surface area contributed by atoms with Crippen LogP contribution in [0.5, 0.6) is 0 Å². The molecule has 4 rings (SSSR count). The van der Waals surface area contributed by atoms with Gasteiger partial charge in [-0.05, 0) is 37.4 Å². The fourth-order valence-corrected chi connectivity index (χ4v) is 4.05. The highest BCUT2D eigenvalue weighted by molar-refractivity contribution is 7.22. The lowest BCUT2D eigenvalue weighted by atomic mass is 10.2. The number of nitrogens with one attached hydrogen (secondary N) is 1. The molecule has 0 radical (unpaired) electrons. The van der Waals surface area contributed by atoms with Crippen LogP contribution in [0.25, 0.3) is 10.2 Å². The Bertz CT molecular complexity index is 999. The molecule has 0 bridgehead atoms. The highest BCUT2D eigenvalue weighted by atomic mass is 32.1. The molecule has 3 aromatic rings. The van der Waals surface area contributed by atoms with E-state index >= 15 is 0 Å². The second kappa shape index (κ2) is 7.21. The molecule has 2 aromatic carbocycles. The van der Waals surface area contributed by atoms with Gasteiger partial charge in [-0.1, -0.05) is 11.3 Å². The summed E-state index contributed by atoms with van der Waals surface area (Å²) in [7, 11) is 2.11. The largest absolute Gasteiger partial charge is 0.345 e. The van der Waals surface area contributed by atoms with Crippen LogP contribution >= 0.6 is 11.3 Å². The maximum absolute atomic E-state index is 13.8. The number of rotatable bonds is 3. The summed E-state index contributed by atoms with van der Waals surface area (Å²) < 4.78 is 27.7. The number of fused-ring (bicyclic) bond motifs is 1. The standard InChI is InChI=1S/C19H18F2N4OS/c1-24-6-8-25(9-7-24)19-23-16-5-3-13(11-17(16)27-19)22-18(26)14-4-2-12(20)10-15(14)21/h2-5,10-11H,6-9H2,1H3,(H,22,26). The minimum Gasteiger partial charge on any atom is -0.345 e. The van der Waals surface area contributed by atoms with Crippen LogP contribution in [-0.2, 0) is 0 Å². The fraction of sp³-hybridized carbons (Fsp3) is 0.263. The average molecular weight is 388 g/mol. The molecule has 0 aliphatic carbocycles. The average Bonchev–Trinajstić information content (AvgIpc) is 3.05. The fourth-order valence-electron chi connectivity index (χ4n) is 3.00. The Morgan fingerprint density at radius 3 is 2.63 bits per heavy atom. The topological polar surface area (TPSA) is 48.5 Å². The van der Waals surface area contributed by atoms with E-state index in [1.807, 2.05) is 12.1 Å². The first-order chi connectivity index (χ1) is 13.0. The molecule has 1 N–H and O–H groups in total. The van der Waals surface area contributed by atoms with Crippen molar-refractivity contribution < 1.29 is 13.6 Å². The molecule has 0 atom stereocenters. The number of likely N-dealkylation sites (N-methyl/N-ethyl adjacent to an activating group) is 1. The number of benzene rings is 2. The maximum Gasteiger partial charge on any atom is 0.258 e. The number of anilines is 2. The van der Waals surface area contributed by atoms with E-state index in [4.69, 9.17) is 0 Å². The zero-order valence-electron chi connectivity index (χ0n) is 14.7. The van der Waals surface area contributed by atoms with E-state index in [9.17, 15) is 13.6 Å². The molecule has 8 heteroatoms. The summed E-state index contributed by atoms with van der Waals surface area (Å²) in [6, 6.07) is 8.29. The van der Waals surface area contributed by atoms with Gasteiger partial charge in [-0.2, -0.15) is 0 Å². The number of hydrogen-bond acceptors (Lipinski definition) is 5. The van der Waals surface area contributed by atoms with Gasteiger partial charge in [-0.15, -0.1) is 0 Å². The number of carbonyl (C=O) groups excluding carboxylic acids is 1. The number of piperazine rings is 1. The molecule has 0 spiro atoms. The van der Waals surface area contributed by atoms with Crippen molar-refractivity contribution in [2.45, 2.75) is 0 Å². The van der Waals surface area contributed by atoms with Crippen molar-refractivity contribution in [2.75, 3.05) is 43.4 Å². The van der Waals surface area contributed by atoms with Gasteiger partial charge < -0.3 is 15.1 Å². The molecule has 0 saturated carbocycles. The van der Waals surface area contributed by atoms with E-state index < -0.39 is 17.5 Å². The minimum atomic E-state index is -0.885. The van der Waals surface area contributed by atoms with Crippen LogP contribution in [0, 0.1) is 11.6 Å². The van der Waals surface area contributed by atoms with Crippen molar-refractivity contribution in [1.29, 1.82) is 0 Å². The number of carbonyl (C=O) groups is 1. The second-order valence-corrected chi connectivity index (χ2v) is 7.56. The molecule has 1 aliphatic heterocycles.